The zero-order chi connectivity index (χ0) is 21.3. The van der Waals surface area contributed by atoms with Gasteiger partial charge in [-0.25, -0.2) is 9.59 Å². The summed E-state index contributed by atoms with van der Waals surface area (Å²) < 4.78 is 20.0. The average Bonchev–Trinajstić information content (AvgIpc) is 2.58. The van der Waals surface area contributed by atoms with E-state index >= 15 is 0 Å². The summed E-state index contributed by atoms with van der Waals surface area (Å²) in [5, 5.41) is 0. The van der Waals surface area contributed by atoms with E-state index in [1.54, 1.807) is 45.0 Å². The maximum absolute atomic E-state index is 12.3. The van der Waals surface area contributed by atoms with Crippen LogP contribution in [-0.2, 0) is 39.9 Å². The number of hydrogen-bond donors (Lipinski definition) is 0. The molecule has 1 aromatic rings. The summed E-state index contributed by atoms with van der Waals surface area (Å²) in [6, 6.07) is 8.86. The third-order valence-electron chi connectivity index (χ3n) is 3.35. The van der Waals surface area contributed by atoms with Gasteiger partial charge in [0.05, 0.1) is 6.42 Å². The van der Waals surface area contributed by atoms with Crippen molar-refractivity contribution in [3.05, 3.63) is 35.9 Å². The van der Waals surface area contributed by atoms with E-state index < -0.39 is 42.3 Å². The zero-order valence-electron chi connectivity index (χ0n) is 16.7. The Morgan fingerprint density at radius 3 is 2.14 bits per heavy atom. The number of esters is 2. The number of hydrogen-bond acceptors (Lipinski definition) is 8. The van der Waals surface area contributed by atoms with Crippen molar-refractivity contribution in [1.82, 2.24) is 0 Å². The van der Waals surface area contributed by atoms with Crippen LogP contribution in [-0.4, -0.2) is 41.7 Å². The first-order valence-electron chi connectivity index (χ1n) is 8.78. The molecule has 1 rings (SSSR count). The summed E-state index contributed by atoms with van der Waals surface area (Å²) in [6.45, 7) is 7.48. The summed E-state index contributed by atoms with van der Waals surface area (Å²) in [5.74, 6) is -2.17. The zero-order valence-corrected chi connectivity index (χ0v) is 16.7. The van der Waals surface area contributed by atoms with Crippen molar-refractivity contribution in [3.63, 3.8) is 0 Å². The number of Topliss-reactive ketones (excluding diaryl/α,β-unsaturated/α-hetero) is 1. The van der Waals surface area contributed by atoms with Gasteiger partial charge in [0.15, 0.2) is 11.9 Å². The van der Waals surface area contributed by atoms with E-state index in [0.29, 0.717) is 0 Å². The van der Waals surface area contributed by atoms with E-state index in [0.717, 1.165) is 5.56 Å². The molecule has 0 fully saturated rings. The molecular weight excluding hydrogens is 368 g/mol. The highest BCUT2D eigenvalue weighted by Crippen LogP contribution is 2.13. The third kappa shape index (κ3) is 9.16. The molecule has 0 spiro atoms. The molecule has 0 aliphatic heterocycles. The Balaban J connectivity index is 2.77. The molecule has 0 saturated carbocycles. The van der Waals surface area contributed by atoms with Crippen LogP contribution in [0.2, 0.25) is 0 Å². The second kappa shape index (κ2) is 10.4. The summed E-state index contributed by atoms with van der Waals surface area (Å²) in [6.07, 6.45) is -4.27. The smallest absolute Gasteiger partial charge is 0.458 e. The van der Waals surface area contributed by atoms with Crippen LogP contribution in [0.1, 0.15) is 46.6 Å². The van der Waals surface area contributed by atoms with Gasteiger partial charge in [-0.1, -0.05) is 30.3 Å². The van der Waals surface area contributed by atoms with Gasteiger partial charge >= 0.3 is 18.1 Å². The second-order valence-electron chi connectivity index (χ2n) is 7.11. The largest absolute Gasteiger partial charge is 0.509 e. The topological polar surface area (TPSA) is 105 Å². The van der Waals surface area contributed by atoms with Gasteiger partial charge in [-0.3, -0.25) is 9.59 Å². The molecule has 0 heterocycles. The van der Waals surface area contributed by atoms with Crippen molar-refractivity contribution in [2.45, 2.75) is 65.5 Å². The lowest BCUT2D eigenvalue weighted by molar-refractivity contribution is -0.166. The first-order valence-corrected chi connectivity index (χ1v) is 8.78. The molecule has 2 atom stereocenters. The van der Waals surface area contributed by atoms with E-state index in [4.69, 9.17) is 18.9 Å². The van der Waals surface area contributed by atoms with Gasteiger partial charge < -0.3 is 18.9 Å². The van der Waals surface area contributed by atoms with Gasteiger partial charge in [-0.15, -0.1) is 0 Å². The van der Waals surface area contributed by atoms with Crippen molar-refractivity contribution >= 4 is 23.9 Å². The number of benzene rings is 1. The molecule has 0 radical (unpaired) electrons. The fraction of sp³-hybridized carbons (Fsp3) is 0.500. The molecule has 0 aromatic heterocycles. The van der Waals surface area contributed by atoms with Crippen LogP contribution < -0.4 is 0 Å². The van der Waals surface area contributed by atoms with Gasteiger partial charge in [0.25, 0.3) is 0 Å². The van der Waals surface area contributed by atoms with Gasteiger partial charge in [-0.05, 0) is 40.2 Å². The molecule has 28 heavy (non-hydrogen) atoms. The van der Waals surface area contributed by atoms with Gasteiger partial charge in [0.1, 0.15) is 12.2 Å². The predicted octanol–water partition coefficient (Wildman–Crippen LogP) is 2.96. The number of ketones is 1. The van der Waals surface area contributed by atoms with E-state index in [1.807, 2.05) is 6.07 Å². The maximum atomic E-state index is 12.3. The average molecular weight is 394 g/mol. The Labute approximate surface area is 164 Å². The van der Waals surface area contributed by atoms with Crippen LogP contribution in [0.25, 0.3) is 0 Å². The number of rotatable bonds is 8. The Hall–Kier alpha value is -2.90. The molecule has 0 saturated heterocycles. The van der Waals surface area contributed by atoms with Crippen molar-refractivity contribution in [2.24, 2.45) is 0 Å². The molecule has 0 N–H and O–H groups in total. The highest BCUT2D eigenvalue weighted by Gasteiger charge is 2.31. The number of ether oxygens (including phenoxy) is 4. The fourth-order valence-electron chi connectivity index (χ4n) is 1.86. The summed E-state index contributed by atoms with van der Waals surface area (Å²) in [7, 11) is 0. The Morgan fingerprint density at radius 2 is 1.61 bits per heavy atom. The monoisotopic (exact) mass is 394 g/mol. The predicted molar refractivity (Wildman–Crippen MR) is 98.2 cm³/mol. The van der Waals surface area contributed by atoms with Crippen LogP contribution in [0.3, 0.4) is 0 Å². The first kappa shape index (κ1) is 23.1. The van der Waals surface area contributed by atoms with Crippen molar-refractivity contribution in [3.8, 4) is 0 Å². The minimum atomic E-state index is -1.56. The molecule has 0 unspecified atom stereocenters. The van der Waals surface area contributed by atoms with Crippen LogP contribution in [0, 0.1) is 0 Å². The van der Waals surface area contributed by atoms with Gasteiger partial charge in [0.2, 0.25) is 6.10 Å². The minimum absolute atomic E-state index is 0.0627. The molecule has 0 amide bonds. The van der Waals surface area contributed by atoms with Crippen LogP contribution in [0.5, 0.6) is 0 Å². The van der Waals surface area contributed by atoms with Crippen LogP contribution in [0.15, 0.2) is 30.3 Å². The van der Waals surface area contributed by atoms with E-state index in [2.05, 4.69) is 0 Å². The van der Waals surface area contributed by atoms with Crippen molar-refractivity contribution < 1.29 is 38.1 Å². The standard InChI is InChI=1S/C20H26O8/c1-13(21)14(2)26-17(22)11-16(27-19(24)28-20(3,4)5)18(23)25-12-15-9-7-6-8-10-15/h6-10,14,16H,11-12H2,1-5H3/t14-,16-/m0/s1. The molecule has 8 heteroatoms. The molecule has 154 valence electrons. The summed E-state index contributed by atoms with van der Waals surface area (Å²) in [4.78, 5) is 47.5. The molecule has 0 bridgehead atoms. The third-order valence-corrected chi connectivity index (χ3v) is 3.35. The lowest BCUT2D eigenvalue weighted by Gasteiger charge is -2.22. The highest BCUT2D eigenvalue weighted by atomic mass is 16.7. The van der Waals surface area contributed by atoms with E-state index in [1.165, 1.54) is 13.8 Å². The highest BCUT2D eigenvalue weighted by molar-refractivity contribution is 5.86. The van der Waals surface area contributed by atoms with Crippen molar-refractivity contribution in [1.29, 1.82) is 0 Å². The number of carbonyl (C=O) groups is 4. The quantitative estimate of drug-likeness (QED) is 0.489. The Kier molecular flexibility index (Phi) is 8.63. The van der Waals surface area contributed by atoms with Gasteiger partial charge in [0, 0.05) is 0 Å². The fourth-order valence-corrected chi connectivity index (χ4v) is 1.86. The molecule has 0 aliphatic rings. The number of carbonyl (C=O) groups excluding carboxylic acids is 4. The minimum Gasteiger partial charge on any atom is -0.458 e. The van der Waals surface area contributed by atoms with Crippen molar-refractivity contribution in [2.75, 3.05) is 0 Å². The molecule has 1 aromatic carbocycles. The molecule has 8 nitrogen and oxygen atoms in total. The normalized spacial score (nSPS) is 13.0. The molecular formula is C20H26O8. The Bertz CT molecular complexity index is 690. The van der Waals surface area contributed by atoms with E-state index in [9.17, 15) is 19.2 Å². The lowest BCUT2D eigenvalue weighted by Crippen LogP contribution is -2.35. The van der Waals surface area contributed by atoms with Gasteiger partial charge in [-0.2, -0.15) is 0 Å². The maximum Gasteiger partial charge on any atom is 0.509 e. The Morgan fingerprint density at radius 1 is 1.00 bits per heavy atom. The SMILES string of the molecule is CC(=O)[C@H](C)OC(=O)C[C@H](OC(=O)OC(C)(C)C)C(=O)OCc1ccccc1. The van der Waals surface area contributed by atoms with Crippen LogP contribution in [0.4, 0.5) is 4.79 Å². The van der Waals surface area contributed by atoms with E-state index in [-0.39, 0.29) is 12.4 Å². The summed E-state index contributed by atoms with van der Waals surface area (Å²) >= 11 is 0. The van der Waals surface area contributed by atoms with Crippen LogP contribution >= 0.6 is 0 Å². The first-order chi connectivity index (χ1) is 13.0. The molecule has 0 aliphatic carbocycles. The second-order valence-corrected chi connectivity index (χ2v) is 7.11. The lowest BCUT2D eigenvalue weighted by atomic mass is 10.2. The summed E-state index contributed by atoms with van der Waals surface area (Å²) in [5.41, 5.74) is -0.126.